The Kier molecular flexibility index (Phi) is 10.2. The zero-order valence-electron chi connectivity index (χ0n) is 16.3. The molecule has 0 aliphatic carbocycles. The zero-order valence-corrected chi connectivity index (χ0v) is 17.1. The van der Waals surface area contributed by atoms with Crippen LogP contribution in [-0.2, 0) is 31.0 Å². The Hall–Kier alpha value is -2.87. The van der Waals surface area contributed by atoms with Gasteiger partial charge in [-0.1, -0.05) is 25.0 Å². The second kappa shape index (κ2) is 12.1. The van der Waals surface area contributed by atoms with Crippen LogP contribution in [0.2, 0.25) is 0 Å². The zero-order chi connectivity index (χ0) is 23.5. The summed E-state index contributed by atoms with van der Waals surface area (Å²) < 4.78 is 63.9. The van der Waals surface area contributed by atoms with E-state index in [4.69, 9.17) is 9.29 Å². The maximum absolute atomic E-state index is 12.9. The number of halogens is 2. The Morgan fingerprint density at radius 1 is 1.13 bits per heavy atom. The van der Waals surface area contributed by atoms with E-state index in [1.807, 2.05) is 0 Å². The van der Waals surface area contributed by atoms with Gasteiger partial charge in [0.25, 0.3) is 5.69 Å². The van der Waals surface area contributed by atoms with Gasteiger partial charge < -0.3 is 14.8 Å². The molecule has 0 saturated heterocycles. The topological polar surface area (TPSA) is 162 Å². The number of benzene rings is 1. The van der Waals surface area contributed by atoms with Gasteiger partial charge in [0.15, 0.2) is 6.61 Å². The van der Waals surface area contributed by atoms with Gasteiger partial charge in [-0.05, 0) is 18.9 Å². The van der Waals surface area contributed by atoms with Crippen molar-refractivity contribution in [3.05, 3.63) is 39.9 Å². The number of esters is 1. The number of alkyl halides is 2. The summed E-state index contributed by atoms with van der Waals surface area (Å²) in [5, 5.41) is 8.78. The van der Waals surface area contributed by atoms with Crippen molar-refractivity contribution in [3.8, 4) is 0 Å². The molecule has 0 spiro atoms. The monoisotopic (exact) mass is 468 g/mol. The highest BCUT2D eigenvalue weighted by Gasteiger charge is 2.45. The molecule has 174 valence electrons. The molecule has 0 aromatic heterocycles. The number of nitrogens with zero attached hydrogens (tertiary/aromatic N) is 1. The average molecular weight is 468 g/mol. The fourth-order valence-corrected chi connectivity index (χ4v) is 2.46. The maximum atomic E-state index is 12.9. The van der Waals surface area contributed by atoms with Crippen LogP contribution in [-0.4, -0.2) is 48.4 Å². The van der Waals surface area contributed by atoms with Gasteiger partial charge in [-0.25, -0.2) is 4.79 Å². The number of ether oxygens (including phenoxy) is 2. The molecule has 31 heavy (non-hydrogen) atoms. The summed E-state index contributed by atoms with van der Waals surface area (Å²) in [5.74, 6) is -1.03. The van der Waals surface area contributed by atoms with Crippen LogP contribution in [0.15, 0.2) is 24.3 Å². The van der Waals surface area contributed by atoms with Gasteiger partial charge >= 0.3 is 27.4 Å². The van der Waals surface area contributed by atoms with E-state index in [0.717, 1.165) is 0 Å². The normalized spacial score (nSPS) is 11.6. The van der Waals surface area contributed by atoms with Crippen molar-refractivity contribution in [2.24, 2.45) is 0 Å². The number of hydrogen-bond acceptors (Lipinski definition) is 8. The molecule has 1 aromatic rings. The molecule has 0 aliphatic rings. The molecule has 0 radical (unpaired) electrons. The van der Waals surface area contributed by atoms with E-state index < -0.39 is 39.0 Å². The largest absolute Gasteiger partial charge is 0.458 e. The van der Waals surface area contributed by atoms with Crippen LogP contribution in [0.25, 0.3) is 0 Å². The van der Waals surface area contributed by atoms with Gasteiger partial charge in [0.1, 0.15) is 6.61 Å². The number of nitrogens with one attached hydrogen (secondary N) is 1. The summed E-state index contributed by atoms with van der Waals surface area (Å²) >= 11 is 0. The first-order chi connectivity index (χ1) is 14.4. The van der Waals surface area contributed by atoms with Gasteiger partial charge in [0, 0.05) is 19.0 Å². The summed E-state index contributed by atoms with van der Waals surface area (Å²) in [6.45, 7) is -1.77. The van der Waals surface area contributed by atoms with E-state index in [9.17, 15) is 36.9 Å². The van der Waals surface area contributed by atoms with Crippen molar-refractivity contribution in [1.29, 1.82) is 0 Å². The van der Waals surface area contributed by atoms with Crippen LogP contribution in [0.5, 0.6) is 0 Å². The van der Waals surface area contributed by atoms with Gasteiger partial charge in [0.2, 0.25) is 0 Å². The van der Waals surface area contributed by atoms with Crippen molar-refractivity contribution >= 4 is 27.9 Å². The summed E-state index contributed by atoms with van der Waals surface area (Å²) in [4.78, 5) is 33.2. The van der Waals surface area contributed by atoms with Crippen molar-refractivity contribution in [2.45, 2.75) is 44.0 Å². The van der Waals surface area contributed by atoms with Crippen molar-refractivity contribution in [1.82, 2.24) is 5.32 Å². The first-order valence-electron chi connectivity index (χ1n) is 9.07. The molecule has 1 amide bonds. The molecule has 0 unspecified atom stereocenters. The fourth-order valence-electron chi connectivity index (χ4n) is 2.25. The lowest BCUT2D eigenvalue weighted by Gasteiger charge is -2.12. The fraction of sp³-hybridized carbons (Fsp3) is 0.529. The summed E-state index contributed by atoms with van der Waals surface area (Å²) in [7, 11) is -5.65. The Balaban J connectivity index is 2.13. The lowest BCUT2D eigenvalue weighted by atomic mass is 10.1. The third-order valence-corrected chi connectivity index (χ3v) is 4.78. The van der Waals surface area contributed by atoms with E-state index in [0.29, 0.717) is 25.7 Å². The number of unbranched alkanes of at least 4 members (excludes halogenated alkanes) is 3. The molecule has 1 aromatic carbocycles. The van der Waals surface area contributed by atoms with Crippen LogP contribution in [0, 0.1) is 10.1 Å². The Bertz CT molecular complexity index is 878. The first-order valence-corrected chi connectivity index (χ1v) is 10.5. The summed E-state index contributed by atoms with van der Waals surface area (Å²) in [6, 6.07) is 5.85. The standard InChI is InChI=1S/C17H22F2N2O9S/c18-17(19,31(26,27)28)12-30-15(22)9-3-1-2-6-10-20-16(23)29-11-13-7-4-5-8-14(13)21(24)25/h4-5,7-8H,1-3,6,9-12H2,(H,20,23)(H,26,27,28). The van der Waals surface area contributed by atoms with Crippen molar-refractivity contribution in [3.63, 3.8) is 0 Å². The van der Waals surface area contributed by atoms with Crippen LogP contribution in [0.3, 0.4) is 0 Å². The molecule has 1 rings (SSSR count). The highest BCUT2D eigenvalue weighted by atomic mass is 32.2. The van der Waals surface area contributed by atoms with E-state index in [1.54, 1.807) is 6.07 Å². The lowest BCUT2D eigenvalue weighted by Crippen LogP contribution is -2.34. The molecular formula is C17H22F2N2O9S. The van der Waals surface area contributed by atoms with Crippen LogP contribution in [0.1, 0.15) is 37.7 Å². The molecule has 14 heteroatoms. The predicted octanol–water partition coefficient (Wildman–Crippen LogP) is 2.80. The number of nitro benzene ring substituents is 1. The minimum atomic E-state index is -5.65. The van der Waals surface area contributed by atoms with Gasteiger partial charge in [-0.2, -0.15) is 17.2 Å². The second-order valence-corrected chi connectivity index (χ2v) is 7.87. The SMILES string of the molecule is O=C(CCCCCCNC(=O)OCc1ccccc1[N+](=O)[O-])OCC(F)(F)S(=O)(=O)O. The van der Waals surface area contributed by atoms with E-state index >= 15 is 0 Å². The molecule has 0 fully saturated rings. The third kappa shape index (κ3) is 9.65. The summed E-state index contributed by atoms with van der Waals surface area (Å²) in [5.41, 5.74) is 0.0967. The highest BCUT2D eigenvalue weighted by molar-refractivity contribution is 7.86. The van der Waals surface area contributed by atoms with Gasteiger partial charge in [-0.3, -0.25) is 19.5 Å². The van der Waals surface area contributed by atoms with E-state index in [1.165, 1.54) is 18.2 Å². The smallest absolute Gasteiger partial charge is 0.407 e. The number of alkyl carbamates (subject to hydrolysis) is 1. The molecule has 0 aliphatic heterocycles. The minimum absolute atomic E-state index is 0.157. The molecule has 0 atom stereocenters. The summed E-state index contributed by atoms with van der Waals surface area (Å²) in [6.07, 6.45) is 0.943. The highest BCUT2D eigenvalue weighted by Crippen LogP contribution is 2.21. The number of rotatable bonds is 13. The molecule has 0 heterocycles. The molecule has 0 bridgehead atoms. The Labute approximate surface area is 176 Å². The quantitative estimate of drug-likeness (QED) is 0.146. The Morgan fingerprint density at radius 3 is 2.42 bits per heavy atom. The number of para-hydroxylation sites is 1. The van der Waals surface area contributed by atoms with Crippen LogP contribution in [0.4, 0.5) is 19.3 Å². The molecular weight excluding hydrogens is 446 g/mol. The van der Waals surface area contributed by atoms with Gasteiger partial charge in [-0.15, -0.1) is 0 Å². The Morgan fingerprint density at radius 2 is 1.77 bits per heavy atom. The lowest BCUT2D eigenvalue weighted by molar-refractivity contribution is -0.385. The predicted molar refractivity (Wildman–Crippen MR) is 102 cm³/mol. The number of amides is 1. The number of carbonyl (C=O) groups excluding carboxylic acids is 2. The van der Waals surface area contributed by atoms with E-state index in [2.05, 4.69) is 10.1 Å². The van der Waals surface area contributed by atoms with Crippen molar-refractivity contribution < 1.29 is 45.7 Å². The van der Waals surface area contributed by atoms with E-state index in [-0.39, 0.29) is 30.8 Å². The van der Waals surface area contributed by atoms with Crippen LogP contribution >= 0.6 is 0 Å². The number of hydrogen-bond donors (Lipinski definition) is 2. The van der Waals surface area contributed by atoms with Gasteiger partial charge in [0.05, 0.1) is 10.5 Å². The number of nitro groups is 1. The first kappa shape index (κ1) is 26.2. The van der Waals surface area contributed by atoms with Crippen LogP contribution < -0.4 is 5.32 Å². The molecule has 11 nitrogen and oxygen atoms in total. The molecule has 2 N–H and O–H groups in total. The number of carbonyl (C=O) groups is 2. The average Bonchev–Trinajstić information content (AvgIpc) is 2.69. The minimum Gasteiger partial charge on any atom is -0.458 e. The second-order valence-electron chi connectivity index (χ2n) is 6.33. The van der Waals surface area contributed by atoms with Crippen molar-refractivity contribution in [2.75, 3.05) is 13.2 Å². The maximum Gasteiger partial charge on any atom is 0.407 e. The molecule has 0 saturated carbocycles. The third-order valence-electron chi connectivity index (χ3n) is 3.90.